The van der Waals surface area contributed by atoms with Crippen LogP contribution in [0.15, 0.2) is 30.5 Å². The monoisotopic (exact) mass is 268 g/mol. The van der Waals surface area contributed by atoms with Crippen LogP contribution in [0.4, 0.5) is 5.82 Å². The van der Waals surface area contributed by atoms with Crippen molar-refractivity contribution < 1.29 is 0 Å². The molecular weight excluding hydrogens is 248 g/mol. The first kappa shape index (κ1) is 13.1. The quantitative estimate of drug-likeness (QED) is 0.892. The molecule has 20 heavy (non-hydrogen) atoms. The Morgan fingerprint density at radius 2 is 1.90 bits per heavy atom. The first-order valence-electron chi connectivity index (χ1n) is 7.20. The van der Waals surface area contributed by atoms with Crippen molar-refractivity contribution >= 4 is 5.82 Å². The number of nitrogens with two attached hydrogens (primary N) is 1. The van der Waals surface area contributed by atoms with Gasteiger partial charge in [0.15, 0.2) is 0 Å². The van der Waals surface area contributed by atoms with E-state index < -0.39 is 0 Å². The van der Waals surface area contributed by atoms with E-state index in [0.717, 1.165) is 12.4 Å². The van der Waals surface area contributed by atoms with Crippen molar-refractivity contribution in [1.82, 2.24) is 15.3 Å². The zero-order chi connectivity index (χ0) is 13.8. The molecule has 0 fully saturated rings. The molecule has 0 atom stereocenters. The van der Waals surface area contributed by atoms with Crippen LogP contribution >= 0.6 is 0 Å². The van der Waals surface area contributed by atoms with E-state index in [2.05, 4.69) is 33.5 Å². The molecule has 4 heteroatoms. The van der Waals surface area contributed by atoms with Gasteiger partial charge in [-0.3, -0.25) is 0 Å². The van der Waals surface area contributed by atoms with Gasteiger partial charge in [0.05, 0.1) is 6.54 Å². The molecule has 3 N–H and O–H groups in total. The summed E-state index contributed by atoms with van der Waals surface area (Å²) in [6, 6.07) is 8.54. The minimum Gasteiger partial charge on any atom is -0.384 e. The van der Waals surface area contributed by atoms with Crippen molar-refractivity contribution in [2.24, 2.45) is 0 Å². The van der Waals surface area contributed by atoms with Gasteiger partial charge in [0.2, 0.25) is 0 Å². The highest BCUT2D eigenvalue weighted by molar-refractivity contribution is 5.33. The van der Waals surface area contributed by atoms with Crippen LogP contribution < -0.4 is 11.1 Å². The van der Waals surface area contributed by atoms with Gasteiger partial charge in [-0.25, -0.2) is 9.97 Å². The van der Waals surface area contributed by atoms with Crippen molar-refractivity contribution in [1.29, 1.82) is 0 Å². The topological polar surface area (TPSA) is 63.8 Å². The second-order valence-corrected chi connectivity index (χ2v) is 5.31. The lowest BCUT2D eigenvalue weighted by molar-refractivity contribution is 0.656. The third-order valence-corrected chi connectivity index (χ3v) is 3.75. The first-order chi connectivity index (χ1) is 9.81. The molecule has 0 unspecified atom stereocenters. The van der Waals surface area contributed by atoms with E-state index in [0.29, 0.717) is 12.4 Å². The standard InChI is InChI=1S/C16H20N4/c17-15-7-8-19-16(20-15)11-18-10-12-5-6-13-3-1-2-4-14(13)9-12/h5-9,18H,1-4,10-11H2,(H2,17,19,20). The predicted molar refractivity (Wildman–Crippen MR) is 80.1 cm³/mol. The maximum atomic E-state index is 5.64. The Balaban J connectivity index is 1.58. The molecule has 4 nitrogen and oxygen atoms in total. The Kier molecular flexibility index (Phi) is 3.92. The molecule has 0 amide bonds. The van der Waals surface area contributed by atoms with Crippen LogP contribution in [0.2, 0.25) is 0 Å². The fourth-order valence-electron chi connectivity index (χ4n) is 2.72. The van der Waals surface area contributed by atoms with Crippen LogP contribution in [0.25, 0.3) is 0 Å². The fourth-order valence-corrected chi connectivity index (χ4v) is 2.72. The Labute approximate surface area is 119 Å². The lowest BCUT2D eigenvalue weighted by Gasteiger charge is -2.16. The summed E-state index contributed by atoms with van der Waals surface area (Å²) in [6.45, 7) is 1.48. The molecule has 0 aliphatic heterocycles. The summed E-state index contributed by atoms with van der Waals surface area (Å²) in [5.41, 5.74) is 10.0. The third kappa shape index (κ3) is 3.14. The van der Waals surface area contributed by atoms with Crippen molar-refractivity contribution in [3.8, 4) is 0 Å². The molecule has 0 saturated carbocycles. The van der Waals surface area contributed by atoms with Gasteiger partial charge in [0.1, 0.15) is 11.6 Å². The average Bonchev–Trinajstić information content (AvgIpc) is 2.47. The highest BCUT2D eigenvalue weighted by Gasteiger charge is 2.09. The van der Waals surface area contributed by atoms with Gasteiger partial charge in [-0.15, -0.1) is 0 Å². The molecule has 2 aromatic rings. The molecule has 104 valence electrons. The molecule has 3 rings (SSSR count). The minimum absolute atomic E-state index is 0.519. The summed E-state index contributed by atoms with van der Waals surface area (Å²) in [4.78, 5) is 8.37. The molecule has 1 aliphatic rings. The lowest BCUT2D eigenvalue weighted by atomic mass is 9.90. The maximum absolute atomic E-state index is 5.64. The van der Waals surface area contributed by atoms with Crippen molar-refractivity contribution in [2.45, 2.75) is 38.8 Å². The van der Waals surface area contributed by atoms with Crippen LogP contribution in [0.1, 0.15) is 35.4 Å². The second kappa shape index (κ2) is 6.01. The SMILES string of the molecule is Nc1ccnc(CNCc2ccc3c(c2)CCCC3)n1. The minimum atomic E-state index is 0.519. The summed E-state index contributed by atoms with van der Waals surface area (Å²) in [5.74, 6) is 1.26. The molecule has 0 saturated heterocycles. The van der Waals surface area contributed by atoms with E-state index in [4.69, 9.17) is 5.73 Å². The summed E-state index contributed by atoms with van der Waals surface area (Å²) >= 11 is 0. The Hall–Kier alpha value is -1.94. The van der Waals surface area contributed by atoms with Crippen molar-refractivity contribution in [3.05, 3.63) is 53.0 Å². The van der Waals surface area contributed by atoms with E-state index in [9.17, 15) is 0 Å². The highest BCUT2D eigenvalue weighted by atomic mass is 15.0. The molecule has 0 spiro atoms. The Morgan fingerprint density at radius 1 is 1.05 bits per heavy atom. The lowest BCUT2D eigenvalue weighted by Crippen LogP contribution is -2.16. The molecule has 1 aromatic carbocycles. The zero-order valence-corrected chi connectivity index (χ0v) is 11.6. The van der Waals surface area contributed by atoms with E-state index in [-0.39, 0.29) is 0 Å². The smallest absolute Gasteiger partial charge is 0.144 e. The third-order valence-electron chi connectivity index (χ3n) is 3.75. The highest BCUT2D eigenvalue weighted by Crippen LogP contribution is 2.22. The number of hydrogen-bond donors (Lipinski definition) is 2. The predicted octanol–water partition coefficient (Wildman–Crippen LogP) is 2.23. The van der Waals surface area contributed by atoms with Gasteiger partial charge in [-0.2, -0.15) is 0 Å². The number of nitrogen functional groups attached to an aromatic ring is 1. The first-order valence-corrected chi connectivity index (χ1v) is 7.20. The largest absolute Gasteiger partial charge is 0.384 e. The second-order valence-electron chi connectivity index (χ2n) is 5.31. The van der Waals surface area contributed by atoms with Gasteiger partial charge >= 0.3 is 0 Å². The van der Waals surface area contributed by atoms with E-state index in [1.165, 1.54) is 42.4 Å². The molecule has 0 radical (unpaired) electrons. The van der Waals surface area contributed by atoms with Crippen LogP contribution in [0.3, 0.4) is 0 Å². The number of rotatable bonds is 4. The van der Waals surface area contributed by atoms with E-state index in [1.807, 2.05) is 0 Å². The fraction of sp³-hybridized carbons (Fsp3) is 0.375. The number of aromatic nitrogens is 2. The van der Waals surface area contributed by atoms with Gasteiger partial charge in [-0.05, 0) is 48.4 Å². The van der Waals surface area contributed by atoms with Gasteiger partial charge in [-0.1, -0.05) is 18.2 Å². The Bertz CT molecular complexity index is 595. The van der Waals surface area contributed by atoms with E-state index >= 15 is 0 Å². The summed E-state index contributed by atoms with van der Waals surface area (Å²) in [6.07, 6.45) is 6.80. The molecule has 1 heterocycles. The number of hydrogen-bond acceptors (Lipinski definition) is 4. The van der Waals surface area contributed by atoms with E-state index in [1.54, 1.807) is 12.3 Å². The number of aryl methyl sites for hydroxylation is 2. The number of nitrogens with one attached hydrogen (secondary N) is 1. The summed E-state index contributed by atoms with van der Waals surface area (Å²) in [7, 11) is 0. The normalized spacial score (nSPS) is 14.0. The summed E-state index contributed by atoms with van der Waals surface area (Å²) < 4.78 is 0. The van der Waals surface area contributed by atoms with Crippen LogP contribution in [-0.2, 0) is 25.9 Å². The summed E-state index contributed by atoms with van der Waals surface area (Å²) in [5, 5.41) is 3.37. The van der Waals surface area contributed by atoms with Gasteiger partial charge in [0.25, 0.3) is 0 Å². The number of benzene rings is 1. The number of nitrogens with zero attached hydrogens (tertiary/aromatic N) is 2. The average molecular weight is 268 g/mol. The van der Waals surface area contributed by atoms with Crippen LogP contribution in [-0.4, -0.2) is 9.97 Å². The Morgan fingerprint density at radius 3 is 2.75 bits per heavy atom. The van der Waals surface area contributed by atoms with Gasteiger partial charge in [0, 0.05) is 12.7 Å². The van der Waals surface area contributed by atoms with Crippen molar-refractivity contribution in [2.75, 3.05) is 5.73 Å². The number of anilines is 1. The molecular formula is C16H20N4. The molecule has 0 bridgehead atoms. The maximum Gasteiger partial charge on any atom is 0.144 e. The van der Waals surface area contributed by atoms with Crippen LogP contribution in [0.5, 0.6) is 0 Å². The molecule has 1 aliphatic carbocycles. The van der Waals surface area contributed by atoms with Crippen molar-refractivity contribution in [3.63, 3.8) is 0 Å². The molecule has 1 aromatic heterocycles. The van der Waals surface area contributed by atoms with Gasteiger partial charge < -0.3 is 11.1 Å². The number of fused-ring (bicyclic) bond motifs is 1. The zero-order valence-electron chi connectivity index (χ0n) is 11.6. The van der Waals surface area contributed by atoms with Crippen LogP contribution in [0, 0.1) is 0 Å².